The molecule has 0 bridgehead atoms. The van der Waals surface area contributed by atoms with E-state index in [9.17, 15) is 22.0 Å². The number of nitrogens with one attached hydrogen (secondary N) is 2. The molecule has 0 aliphatic heterocycles. The van der Waals surface area contributed by atoms with Crippen molar-refractivity contribution in [2.45, 2.75) is 25.7 Å². The van der Waals surface area contributed by atoms with Gasteiger partial charge in [0.1, 0.15) is 5.75 Å². The van der Waals surface area contributed by atoms with Gasteiger partial charge < -0.3 is 15.0 Å². The number of imidazole rings is 1. The SMILES string of the molecule is CC(F)(F)c1nc(Oc2ccccc2)c(NC(=O)[C@H](/C=C/S(C)(=O)=O)C2CC2)[nH]1. The van der Waals surface area contributed by atoms with Gasteiger partial charge in [0.25, 0.3) is 5.88 Å². The third-order valence-electron chi connectivity index (χ3n) is 4.26. The lowest BCUT2D eigenvalue weighted by Gasteiger charge is -2.12. The van der Waals surface area contributed by atoms with E-state index < -0.39 is 33.4 Å². The Morgan fingerprint density at radius 3 is 2.55 bits per heavy atom. The second kappa shape index (κ2) is 7.94. The number of alkyl halides is 2. The average Bonchev–Trinajstić information content (AvgIpc) is 3.36. The summed E-state index contributed by atoms with van der Waals surface area (Å²) in [7, 11) is -3.40. The third kappa shape index (κ3) is 5.86. The molecule has 1 fully saturated rings. The Bertz CT molecular complexity index is 1010. The zero-order valence-corrected chi connectivity index (χ0v) is 16.7. The number of amides is 1. The number of anilines is 1. The Morgan fingerprint density at radius 1 is 1.34 bits per heavy atom. The van der Waals surface area contributed by atoms with Crippen molar-refractivity contribution in [3.8, 4) is 11.6 Å². The molecule has 1 heterocycles. The highest BCUT2D eigenvalue weighted by Gasteiger charge is 2.36. The number of ether oxygens (including phenoxy) is 1. The van der Waals surface area contributed by atoms with Gasteiger partial charge >= 0.3 is 5.92 Å². The van der Waals surface area contributed by atoms with Crippen molar-refractivity contribution in [2.75, 3.05) is 11.6 Å². The average molecular weight is 425 g/mol. The second-order valence-electron chi connectivity index (χ2n) is 7.08. The molecule has 1 amide bonds. The van der Waals surface area contributed by atoms with Crippen LogP contribution < -0.4 is 10.1 Å². The minimum Gasteiger partial charge on any atom is -0.436 e. The van der Waals surface area contributed by atoms with Crippen LogP contribution in [0.15, 0.2) is 41.8 Å². The Labute approximate surface area is 167 Å². The molecule has 1 aliphatic rings. The molecule has 10 heteroatoms. The summed E-state index contributed by atoms with van der Waals surface area (Å²) in [5.74, 6) is -5.13. The molecule has 1 atom stereocenters. The number of para-hydroxylation sites is 1. The van der Waals surface area contributed by atoms with Crippen LogP contribution in [0, 0.1) is 11.8 Å². The van der Waals surface area contributed by atoms with E-state index >= 15 is 0 Å². The van der Waals surface area contributed by atoms with Gasteiger partial charge in [0, 0.05) is 18.6 Å². The molecular weight excluding hydrogens is 404 g/mol. The van der Waals surface area contributed by atoms with E-state index in [1.54, 1.807) is 30.3 Å². The number of hydrogen-bond acceptors (Lipinski definition) is 5. The number of halogens is 2. The van der Waals surface area contributed by atoms with Crippen LogP contribution in [0.25, 0.3) is 0 Å². The molecule has 1 aromatic carbocycles. The molecule has 3 rings (SSSR count). The van der Waals surface area contributed by atoms with E-state index in [0.717, 1.165) is 24.5 Å². The number of aromatic amines is 1. The Kier molecular flexibility index (Phi) is 5.74. The molecule has 2 aromatic rings. The van der Waals surface area contributed by atoms with E-state index in [1.165, 1.54) is 6.08 Å². The van der Waals surface area contributed by atoms with Gasteiger partial charge in [0.2, 0.25) is 5.91 Å². The number of hydrogen-bond donors (Lipinski definition) is 2. The van der Waals surface area contributed by atoms with Gasteiger partial charge in [-0.1, -0.05) is 24.3 Å². The molecule has 0 radical (unpaired) electrons. The molecule has 1 saturated carbocycles. The monoisotopic (exact) mass is 425 g/mol. The smallest absolute Gasteiger partial charge is 0.302 e. The van der Waals surface area contributed by atoms with E-state index in [4.69, 9.17) is 4.74 Å². The van der Waals surface area contributed by atoms with Crippen LogP contribution >= 0.6 is 0 Å². The van der Waals surface area contributed by atoms with Crippen LogP contribution in [0.4, 0.5) is 14.6 Å². The van der Waals surface area contributed by atoms with E-state index in [-0.39, 0.29) is 17.6 Å². The van der Waals surface area contributed by atoms with Crippen LogP contribution in [0.3, 0.4) is 0 Å². The van der Waals surface area contributed by atoms with Gasteiger partial charge in [0.15, 0.2) is 21.5 Å². The number of sulfone groups is 1. The summed E-state index contributed by atoms with van der Waals surface area (Å²) in [6.45, 7) is 0.672. The van der Waals surface area contributed by atoms with Gasteiger partial charge in [-0.3, -0.25) is 4.79 Å². The lowest BCUT2D eigenvalue weighted by Crippen LogP contribution is -2.23. The summed E-state index contributed by atoms with van der Waals surface area (Å²) in [5, 5.41) is 3.50. The molecule has 29 heavy (non-hydrogen) atoms. The van der Waals surface area contributed by atoms with Crippen LogP contribution in [0.1, 0.15) is 25.6 Å². The maximum absolute atomic E-state index is 13.7. The van der Waals surface area contributed by atoms with Gasteiger partial charge in [-0.2, -0.15) is 13.8 Å². The Morgan fingerprint density at radius 2 is 2.00 bits per heavy atom. The molecular formula is C19H21F2N3O4S. The number of carbonyl (C=O) groups is 1. The van der Waals surface area contributed by atoms with Crippen molar-refractivity contribution >= 4 is 21.6 Å². The molecule has 0 unspecified atom stereocenters. The molecule has 1 aromatic heterocycles. The van der Waals surface area contributed by atoms with Crippen molar-refractivity contribution in [3.05, 3.63) is 47.6 Å². The highest BCUT2D eigenvalue weighted by atomic mass is 32.2. The van der Waals surface area contributed by atoms with E-state index in [1.807, 2.05) is 0 Å². The summed E-state index contributed by atoms with van der Waals surface area (Å²) < 4.78 is 55.8. The Hall–Kier alpha value is -2.75. The number of carbonyl (C=O) groups excluding carboxylic acids is 1. The highest BCUT2D eigenvalue weighted by Crippen LogP contribution is 2.39. The van der Waals surface area contributed by atoms with Crippen molar-refractivity contribution in [1.29, 1.82) is 0 Å². The number of aromatic nitrogens is 2. The van der Waals surface area contributed by atoms with Crippen molar-refractivity contribution in [2.24, 2.45) is 11.8 Å². The molecule has 1 aliphatic carbocycles. The zero-order chi connectivity index (χ0) is 21.2. The van der Waals surface area contributed by atoms with Crippen molar-refractivity contribution < 1.29 is 26.7 Å². The highest BCUT2D eigenvalue weighted by molar-refractivity contribution is 7.93. The van der Waals surface area contributed by atoms with Crippen LogP contribution in [-0.4, -0.2) is 30.5 Å². The minimum absolute atomic E-state index is 0.00139. The minimum atomic E-state index is -3.40. The largest absolute Gasteiger partial charge is 0.436 e. The number of benzene rings is 1. The summed E-state index contributed by atoms with van der Waals surface area (Å²) in [6.07, 6.45) is 3.91. The number of rotatable bonds is 8. The van der Waals surface area contributed by atoms with E-state index in [0.29, 0.717) is 12.7 Å². The van der Waals surface area contributed by atoms with Gasteiger partial charge in [-0.25, -0.2) is 8.42 Å². The normalized spacial score (nSPS) is 16.0. The first-order valence-electron chi connectivity index (χ1n) is 8.93. The van der Waals surface area contributed by atoms with E-state index in [2.05, 4.69) is 15.3 Å². The van der Waals surface area contributed by atoms with Gasteiger partial charge in [-0.05, 0) is 30.9 Å². The number of nitrogens with zero attached hydrogens (tertiary/aromatic N) is 1. The fourth-order valence-electron chi connectivity index (χ4n) is 2.67. The maximum Gasteiger partial charge on any atom is 0.302 e. The second-order valence-corrected chi connectivity index (χ2v) is 9.01. The first-order chi connectivity index (χ1) is 13.5. The summed E-state index contributed by atoms with van der Waals surface area (Å²) in [6, 6.07) is 8.40. The predicted molar refractivity (Wildman–Crippen MR) is 103 cm³/mol. The van der Waals surface area contributed by atoms with Crippen LogP contribution in [-0.2, 0) is 20.6 Å². The first-order valence-corrected chi connectivity index (χ1v) is 10.9. The number of H-pyrrole nitrogens is 1. The lowest BCUT2D eigenvalue weighted by atomic mass is 10.0. The summed E-state index contributed by atoms with van der Waals surface area (Å²) in [5.41, 5.74) is 0. The zero-order valence-electron chi connectivity index (χ0n) is 15.9. The molecule has 0 saturated heterocycles. The fourth-order valence-corrected chi connectivity index (χ4v) is 3.13. The Balaban J connectivity index is 1.87. The lowest BCUT2D eigenvalue weighted by molar-refractivity contribution is -0.119. The maximum atomic E-state index is 13.7. The fraction of sp³-hybridized carbons (Fsp3) is 0.368. The van der Waals surface area contributed by atoms with Gasteiger partial charge in [-0.15, -0.1) is 0 Å². The first kappa shape index (κ1) is 21.0. The third-order valence-corrected chi connectivity index (χ3v) is 4.91. The molecule has 7 nitrogen and oxygen atoms in total. The van der Waals surface area contributed by atoms with Crippen molar-refractivity contribution in [3.63, 3.8) is 0 Å². The van der Waals surface area contributed by atoms with Gasteiger partial charge in [0.05, 0.1) is 5.92 Å². The van der Waals surface area contributed by atoms with Crippen LogP contribution in [0.5, 0.6) is 11.6 Å². The molecule has 2 N–H and O–H groups in total. The summed E-state index contributed by atoms with van der Waals surface area (Å²) >= 11 is 0. The molecule has 0 spiro atoms. The topological polar surface area (TPSA) is 101 Å². The standard InChI is InChI=1S/C19H21F2N3O4S/c1-19(20,21)18-23-15(17(24-18)28-13-6-4-3-5-7-13)22-16(25)14(12-8-9-12)10-11-29(2,26)27/h3-7,10-12,14H,8-9H2,1-2H3,(H,22,25)(H,23,24)/b11-10+/t14-/m1/s1. The predicted octanol–water partition coefficient (Wildman–Crippen LogP) is 3.84. The molecule has 156 valence electrons. The summed E-state index contributed by atoms with van der Waals surface area (Å²) in [4.78, 5) is 18.9. The van der Waals surface area contributed by atoms with Crippen LogP contribution in [0.2, 0.25) is 0 Å². The quantitative estimate of drug-likeness (QED) is 0.669. The van der Waals surface area contributed by atoms with Crippen molar-refractivity contribution in [1.82, 2.24) is 9.97 Å².